The second-order valence-electron chi connectivity index (χ2n) is 6.66. The lowest BCUT2D eigenvalue weighted by molar-refractivity contribution is -0.384. The van der Waals surface area contributed by atoms with E-state index in [1.165, 1.54) is 17.7 Å². The fourth-order valence-corrected chi connectivity index (χ4v) is 2.97. The minimum absolute atomic E-state index is 0.0205. The first-order valence-corrected chi connectivity index (χ1v) is 9.23. The van der Waals surface area contributed by atoms with Gasteiger partial charge in [-0.1, -0.05) is 35.9 Å². The molecular formula is C24H20N2O4. The standard InChI is InChI=1S/C24H20N2O4/c1-17-4-3-5-19(12-17)16-30-23-11-6-18(14-24(23)29-2)13-21(15-25)20-7-9-22(10-8-20)26(27)28/h3-14H,16H2,1-2H3. The Morgan fingerprint density at radius 3 is 2.50 bits per heavy atom. The van der Waals surface area contributed by atoms with Crippen LogP contribution in [-0.4, -0.2) is 12.0 Å². The fourth-order valence-electron chi connectivity index (χ4n) is 2.97. The Kier molecular flexibility index (Phi) is 6.46. The van der Waals surface area contributed by atoms with Gasteiger partial charge in [0.15, 0.2) is 11.5 Å². The topological polar surface area (TPSA) is 85.4 Å². The van der Waals surface area contributed by atoms with Crippen LogP contribution in [0.1, 0.15) is 22.3 Å². The van der Waals surface area contributed by atoms with E-state index in [1.807, 2.05) is 31.2 Å². The summed E-state index contributed by atoms with van der Waals surface area (Å²) >= 11 is 0. The normalized spacial score (nSPS) is 10.9. The first-order valence-electron chi connectivity index (χ1n) is 9.23. The predicted molar refractivity (Wildman–Crippen MR) is 115 cm³/mol. The average molecular weight is 400 g/mol. The van der Waals surface area contributed by atoms with E-state index in [4.69, 9.17) is 9.47 Å². The molecule has 0 spiro atoms. The lowest BCUT2D eigenvalue weighted by Gasteiger charge is -2.12. The van der Waals surface area contributed by atoms with E-state index in [2.05, 4.69) is 12.1 Å². The number of benzene rings is 3. The number of allylic oxidation sites excluding steroid dienone is 1. The molecule has 0 aromatic heterocycles. The van der Waals surface area contributed by atoms with Crippen molar-refractivity contribution in [2.24, 2.45) is 0 Å². The number of nitro groups is 1. The highest BCUT2D eigenvalue weighted by Gasteiger charge is 2.09. The molecule has 0 aliphatic carbocycles. The summed E-state index contributed by atoms with van der Waals surface area (Å²) in [4.78, 5) is 10.3. The molecule has 3 aromatic carbocycles. The van der Waals surface area contributed by atoms with E-state index in [0.29, 0.717) is 29.2 Å². The quantitative estimate of drug-likeness (QED) is 0.224. The number of ether oxygens (including phenoxy) is 2. The average Bonchev–Trinajstić information content (AvgIpc) is 2.76. The fraction of sp³-hybridized carbons (Fsp3) is 0.125. The van der Waals surface area contributed by atoms with Crippen LogP contribution in [0, 0.1) is 28.4 Å². The number of aryl methyl sites for hydroxylation is 1. The summed E-state index contributed by atoms with van der Waals surface area (Å²) in [6, 6.07) is 21.5. The van der Waals surface area contributed by atoms with E-state index >= 15 is 0 Å². The summed E-state index contributed by atoms with van der Waals surface area (Å²) in [6.45, 7) is 2.45. The maximum absolute atomic E-state index is 10.8. The molecule has 0 saturated carbocycles. The van der Waals surface area contributed by atoms with Gasteiger partial charge in [-0.3, -0.25) is 10.1 Å². The number of nitrogens with zero attached hydrogens (tertiary/aromatic N) is 2. The second kappa shape index (κ2) is 9.39. The Hall–Kier alpha value is -4.11. The molecule has 0 heterocycles. The first kappa shape index (κ1) is 20.6. The molecule has 0 bridgehead atoms. The van der Waals surface area contributed by atoms with Gasteiger partial charge in [0.2, 0.25) is 0 Å². The minimum Gasteiger partial charge on any atom is -0.493 e. The van der Waals surface area contributed by atoms with Crippen molar-refractivity contribution >= 4 is 17.3 Å². The number of nitro benzene ring substituents is 1. The highest BCUT2D eigenvalue weighted by molar-refractivity contribution is 5.90. The summed E-state index contributed by atoms with van der Waals surface area (Å²) in [5.74, 6) is 1.15. The number of nitriles is 1. The van der Waals surface area contributed by atoms with Crippen molar-refractivity contribution in [3.05, 3.63) is 99.1 Å². The summed E-state index contributed by atoms with van der Waals surface area (Å²) in [6.07, 6.45) is 1.70. The lowest BCUT2D eigenvalue weighted by atomic mass is 10.0. The summed E-state index contributed by atoms with van der Waals surface area (Å²) in [5, 5.41) is 20.3. The number of non-ortho nitro benzene ring substituents is 1. The van der Waals surface area contributed by atoms with E-state index in [-0.39, 0.29) is 5.69 Å². The zero-order chi connectivity index (χ0) is 21.5. The molecule has 0 aliphatic heterocycles. The van der Waals surface area contributed by atoms with E-state index in [9.17, 15) is 15.4 Å². The van der Waals surface area contributed by atoms with Gasteiger partial charge >= 0.3 is 0 Å². The second-order valence-corrected chi connectivity index (χ2v) is 6.66. The predicted octanol–water partition coefficient (Wildman–Crippen LogP) is 5.56. The molecule has 6 nitrogen and oxygen atoms in total. The van der Waals surface area contributed by atoms with Gasteiger partial charge < -0.3 is 9.47 Å². The third-order valence-corrected chi connectivity index (χ3v) is 4.49. The molecule has 3 aromatic rings. The van der Waals surface area contributed by atoms with Gasteiger partial charge in [-0.2, -0.15) is 5.26 Å². The molecule has 6 heteroatoms. The maximum Gasteiger partial charge on any atom is 0.269 e. The van der Waals surface area contributed by atoms with Crippen molar-refractivity contribution in [3.63, 3.8) is 0 Å². The monoisotopic (exact) mass is 400 g/mol. The Labute approximate surface area is 174 Å². The molecular weight excluding hydrogens is 380 g/mol. The Morgan fingerprint density at radius 1 is 1.10 bits per heavy atom. The lowest BCUT2D eigenvalue weighted by Crippen LogP contribution is -1.98. The zero-order valence-electron chi connectivity index (χ0n) is 16.7. The first-order chi connectivity index (χ1) is 14.5. The third kappa shape index (κ3) is 5.03. The van der Waals surface area contributed by atoms with Crippen LogP contribution in [0.2, 0.25) is 0 Å². The molecule has 0 N–H and O–H groups in total. The summed E-state index contributed by atoms with van der Waals surface area (Å²) in [7, 11) is 1.56. The van der Waals surface area contributed by atoms with E-state index in [0.717, 1.165) is 11.1 Å². The highest BCUT2D eigenvalue weighted by Crippen LogP contribution is 2.31. The van der Waals surface area contributed by atoms with Crippen molar-refractivity contribution in [3.8, 4) is 17.6 Å². The molecule has 0 fully saturated rings. The van der Waals surface area contributed by atoms with Gasteiger partial charge in [-0.05, 0) is 54.0 Å². The molecule has 0 amide bonds. The van der Waals surface area contributed by atoms with Gasteiger partial charge in [-0.15, -0.1) is 0 Å². The Bertz CT molecular complexity index is 1130. The van der Waals surface area contributed by atoms with Crippen LogP contribution in [0.5, 0.6) is 11.5 Å². The number of hydrogen-bond donors (Lipinski definition) is 0. The van der Waals surface area contributed by atoms with Crippen LogP contribution in [0.15, 0.2) is 66.7 Å². The van der Waals surface area contributed by atoms with E-state index in [1.54, 1.807) is 37.5 Å². The number of methoxy groups -OCH3 is 1. The van der Waals surface area contributed by atoms with Gasteiger partial charge in [-0.25, -0.2) is 0 Å². The minimum atomic E-state index is -0.472. The number of hydrogen-bond acceptors (Lipinski definition) is 5. The van der Waals surface area contributed by atoms with Crippen molar-refractivity contribution < 1.29 is 14.4 Å². The molecule has 0 radical (unpaired) electrons. The van der Waals surface area contributed by atoms with Gasteiger partial charge in [0.25, 0.3) is 5.69 Å². The Morgan fingerprint density at radius 2 is 1.87 bits per heavy atom. The Balaban J connectivity index is 1.81. The van der Waals surface area contributed by atoms with Crippen LogP contribution in [0.3, 0.4) is 0 Å². The molecule has 30 heavy (non-hydrogen) atoms. The van der Waals surface area contributed by atoms with Crippen molar-refractivity contribution in [2.75, 3.05) is 7.11 Å². The highest BCUT2D eigenvalue weighted by atomic mass is 16.6. The largest absolute Gasteiger partial charge is 0.493 e. The van der Waals surface area contributed by atoms with Crippen LogP contribution in [0.4, 0.5) is 5.69 Å². The van der Waals surface area contributed by atoms with E-state index < -0.39 is 4.92 Å². The van der Waals surface area contributed by atoms with Crippen LogP contribution < -0.4 is 9.47 Å². The molecule has 0 aliphatic rings. The van der Waals surface area contributed by atoms with Crippen molar-refractivity contribution in [2.45, 2.75) is 13.5 Å². The molecule has 0 unspecified atom stereocenters. The molecule has 3 rings (SSSR count). The third-order valence-electron chi connectivity index (χ3n) is 4.49. The van der Waals surface area contributed by atoms with Crippen LogP contribution in [0.25, 0.3) is 11.6 Å². The van der Waals surface area contributed by atoms with Crippen molar-refractivity contribution in [1.82, 2.24) is 0 Å². The van der Waals surface area contributed by atoms with Crippen LogP contribution in [-0.2, 0) is 6.61 Å². The number of rotatable bonds is 7. The summed E-state index contributed by atoms with van der Waals surface area (Å²) < 4.78 is 11.4. The molecule has 150 valence electrons. The van der Waals surface area contributed by atoms with Crippen molar-refractivity contribution in [1.29, 1.82) is 5.26 Å². The zero-order valence-corrected chi connectivity index (χ0v) is 16.7. The SMILES string of the molecule is COc1cc(C=C(C#N)c2ccc([N+](=O)[O-])cc2)ccc1OCc1cccc(C)c1. The van der Waals surface area contributed by atoms with Gasteiger partial charge in [0.05, 0.1) is 23.7 Å². The summed E-state index contributed by atoms with van der Waals surface area (Å²) in [5.41, 5.74) is 3.95. The molecule has 0 saturated heterocycles. The molecule has 0 atom stereocenters. The van der Waals surface area contributed by atoms with Gasteiger partial charge in [0.1, 0.15) is 6.61 Å². The van der Waals surface area contributed by atoms with Crippen LogP contribution >= 0.6 is 0 Å². The van der Waals surface area contributed by atoms with Gasteiger partial charge in [0, 0.05) is 12.1 Å². The smallest absolute Gasteiger partial charge is 0.269 e. The maximum atomic E-state index is 10.8.